The molecule has 5 heteroatoms. The number of hydrogen-bond donors (Lipinski definition) is 0. The third-order valence-electron chi connectivity index (χ3n) is 5.62. The molecule has 0 saturated carbocycles. The third kappa shape index (κ3) is 4.38. The van der Waals surface area contributed by atoms with E-state index >= 15 is 0 Å². The molecule has 0 amide bonds. The summed E-state index contributed by atoms with van der Waals surface area (Å²) >= 11 is 0. The van der Waals surface area contributed by atoms with Crippen LogP contribution < -0.4 is 0 Å². The molecule has 0 aliphatic carbocycles. The van der Waals surface area contributed by atoms with Gasteiger partial charge < -0.3 is 0 Å². The van der Waals surface area contributed by atoms with Gasteiger partial charge in [-0.2, -0.15) is 0 Å². The average Bonchev–Trinajstić information content (AvgIpc) is 2.74. The van der Waals surface area contributed by atoms with Crippen molar-refractivity contribution in [2.45, 2.75) is 32.6 Å². The van der Waals surface area contributed by atoms with Gasteiger partial charge in [0, 0.05) is 5.56 Å². The van der Waals surface area contributed by atoms with E-state index in [4.69, 9.17) is 0 Å². The van der Waals surface area contributed by atoms with Crippen LogP contribution in [-0.2, 0) is 6.42 Å². The van der Waals surface area contributed by atoms with Crippen LogP contribution in [-0.4, -0.2) is 0 Å². The van der Waals surface area contributed by atoms with Gasteiger partial charge in [0.15, 0.2) is 11.6 Å². The van der Waals surface area contributed by atoms with Gasteiger partial charge in [-0.1, -0.05) is 44.0 Å². The predicted molar refractivity (Wildman–Crippen MR) is 118 cm³/mol. The fraction of sp³-hybridized carbons (Fsp3) is 0.185. The summed E-state index contributed by atoms with van der Waals surface area (Å²) in [4.78, 5) is 0. The quantitative estimate of drug-likeness (QED) is 0.208. The smallest absolute Gasteiger partial charge is 0.159 e. The molecule has 4 aromatic rings. The summed E-state index contributed by atoms with van der Waals surface area (Å²) in [5.41, 5.74) is 1.03. The molecular weight excluding hydrogens is 419 g/mol. The Morgan fingerprint density at radius 3 is 1.88 bits per heavy atom. The molecule has 0 atom stereocenters. The van der Waals surface area contributed by atoms with Crippen LogP contribution in [0.2, 0.25) is 0 Å². The normalized spacial score (nSPS) is 11.3. The van der Waals surface area contributed by atoms with Crippen LogP contribution in [0.4, 0.5) is 22.0 Å². The molecular formula is C27H21F5. The van der Waals surface area contributed by atoms with E-state index in [1.54, 1.807) is 18.2 Å². The van der Waals surface area contributed by atoms with E-state index in [1.807, 2.05) is 0 Å². The minimum Gasteiger partial charge on any atom is -0.206 e. The molecule has 0 saturated heterocycles. The molecule has 0 aliphatic rings. The Morgan fingerprint density at radius 1 is 0.562 bits per heavy atom. The molecule has 0 nitrogen and oxygen atoms in total. The standard InChI is InChI=1S/C27H21F5/c1-2-3-4-5-16-10-25(31)27(26(32)11-16)19-8-9-21(22(28)14-19)18-7-6-17-13-23(29)24(30)15-20(17)12-18/h6-15H,2-5H2,1H3. The largest absolute Gasteiger partial charge is 0.206 e. The number of aryl methyl sites for hydroxylation is 1. The maximum Gasteiger partial charge on any atom is 0.159 e. The number of halogens is 5. The molecule has 0 aromatic heterocycles. The van der Waals surface area contributed by atoms with Gasteiger partial charge in [0.1, 0.15) is 17.5 Å². The fourth-order valence-corrected chi connectivity index (χ4v) is 3.94. The first-order valence-corrected chi connectivity index (χ1v) is 10.5. The maximum atomic E-state index is 14.9. The number of fused-ring (bicyclic) bond motifs is 1. The van der Waals surface area contributed by atoms with Gasteiger partial charge in [0.05, 0.1) is 5.56 Å². The lowest BCUT2D eigenvalue weighted by Gasteiger charge is -2.11. The summed E-state index contributed by atoms with van der Waals surface area (Å²) in [6.07, 6.45) is 3.42. The van der Waals surface area contributed by atoms with Crippen molar-refractivity contribution in [2.24, 2.45) is 0 Å². The van der Waals surface area contributed by atoms with Crippen molar-refractivity contribution in [3.05, 3.63) is 95.3 Å². The highest BCUT2D eigenvalue weighted by molar-refractivity contribution is 5.88. The van der Waals surface area contributed by atoms with Crippen LogP contribution in [0.15, 0.2) is 60.7 Å². The number of rotatable bonds is 6. The first kappa shape index (κ1) is 22.0. The third-order valence-corrected chi connectivity index (χ3v) is 5.62. The van der Waals surface area contributed by atoms with E-state index in [9.17, 15) is 22.0 Å². The Bertz CT molecular complexity index is 1270. The van der Waals surface area contributed by atoms with Crippen LogP contribution in [0, 0.1) is 29.1 Å². The lowest BCUT2D eigenvalue weighted by atomic mass is 9.96. The van der Waals surface area contributed by atoms with E-state index in [0.29, 0.717) is 28.3 Å². The van der Waals surface area contributed by atoms with Gasteiger partial charge in [0.25, 0.3) is 0 Å². The van der Waals surface area contributed by atoms with Crippen molar-refractivity contribution >= 4 is 10.8 Å². The van der Waals surface area contributed by atoms with Crippen LogP contribution >= 0.6 is 0 Å². The monoisotopic (exact) mass is 440 g/mol. The number of benzene rings is 4. The molecule has 0 bridgehead atoms. The van der Waals surface area contributed by atoms with Gasteiger partial charge in [-0.15, -0.1) is 0 Å². The Morgan fingerprint density at radius 2 is 1.22 bits per heavy atom. The summed E-state index contributed by atoms with van der Waals surface area (Å²) in [6.45, 7) is 2.05. The van der Waals surface area contributed by atoms with Gasteiger partial charge in [-0.05, 0) is 76.7 Å². The van der Waals surface area contributed by atoms with Crippen molar-refractivity contribution in [1.82, 2.24) is 0 Å². The summed E-state index contributed by atoms with van der Waals surface area (Å²) in [5, 5.41) is 0.897. The topological polar surface area (TPSA) is 0 Å². The van der Waals surface area contributed by atoms with Crippen molar-refractivity contribution in [1.29, 1.82) is 0 Å². The van der Waals surface area contributed by atoms with Gasteiger partial charge in [-0.25, -0.2) is 22.0 Å². The second-order valence-electron chi connectivity index (χ2n) is 7.91. The second kappa shape index (κ2) is 9.11. The Balaban J connectivity index is 1.68. The molecule has 0 aliphatic heterocycles. The maximum absolute atomic E-state index is 14.9. The number of unbranched alkanes of at least 4 members (excludes halogenated alkanes) is 2. The van der Waals surface area contributed by atoms with Crippen LogP contribution in [0.1, 0.15) is 31.7 Å². The summed E-state index contributed by atoms with van der Waals surface area (Å²) in [5.74, 6) is -4.08. The van der Waals surface area contributed by atoms with Crippen molar-refractivity contribution in [3.8, 4) is 22.3 Å². The van der Waals surface area contributed by atoms with E-state index in [1.165, 1.54) is 24.3 Å². The lowest BCUT2D eigenvalue weighted by molar-refractivity contribution is 0.511. The van der Waals surface area contributed by atoms with Gasteiger partial charge in [-0.3, -0.25) is 0 Å². The second-order valence-corrected chi connectivity index (χ2v) is 7.91. The molecule has 0 unspecified atom stereocenters. The highest BCUT2D eigenvalue weighted by atomic mass is 19.2. The lowest BCUT2D eigenvalue weighted by Crippen LogP contribution is -1.96. The highest BCUT2D eigenvalue weighted by Gasteiger charge is 2.16. The SMILES string of the molecule is CCCCCc1cc(F)c(-c2ccc(-c3ccc4cc(F)c(F)cc4c3)c(F)c2)c(F)c1. The van der Waals surface area contributed by atoms with Gasteiger partial charge in [0.2, 0.25) is 0 Å². The van der Waals surface area contributed by atoms with Crippen LogP contribution in [0.5, 0.6) is 0 Å². The van der Waals surface area contributed by atoms with E-state index < -0.39 is 29.1 Å². The molecule has 4 aromatic carbocycles. The minimum absolute atomic E-state index is 0.0928. The minimum atomic E-state index is -0.991. The van der Waals surface area contributed by atoms with Crippen molar-refractivity contribution in [2.75, 3.05) is 0 Å². The van der Waals surface area contributed by atoms with E-state index in [2.05, 4.69) is 6.92 Å². The van der Waals surface area contributed by atoms with Crippen LogP contribution in [0.3, 0.4) is 0 Å². The zero-order valence-corrected chi connectivity index (χ0v) is 17.5. The molecule has 0 N–H and O–H groups in total. The zero-order valence-electron chi connectivity index (χ0n) is 17.5. The van der Waals surface area contributed by atoms with Crippen LogP contribution in [0.25, 0.3) is 33.0 Å². The molecule has 0 radical (unpaired) electrons. The molecule has 0 fully saturated rings. The first-order valence-electron chi connectivity index (χ1n) is 10.5. The average molecular weight is 440 g/mol. The highest BCUT2D eigenvalue weighted by Crippen LogP contribution is 2.33. The Labute approximate surface area is 183 Å². The molecule has 0 heterocycles. The van der Waals surface area contributed by atoms with E-state index in [-0.39, 0.29) is 16.7 Å². The fourth-order valence-electron chi connectivity index (χ4n) is 3.94. The first-order chi connectivity index (χ1) is 15.4. The molecule has 4 rings (SSSR count). The van der Waals surface area contributed by atoms with E-state index in [0.717, 1.165) is 37.5 Å². The molecule has 32 heavy (non-hydrogen) atoms. The van der Waals surface area contributed by atoms with Crippen molar-refractivity contribution < 1.29 is 22.0 Å². The Kier molecular flexibility index (Phi) is 6.26. The molecule has 164 valence electrons. The molecule has 0 spiro atoms. The predicted octanol–water partition coefficient (Wildman–Crippen LogP) is 8.60. The number of hydrogen-bond acceptors (Lipinski definition) is 0. The Hall–Kier alpha value is -3.21. The summed E-state index contributed by atoms with van der Waals surface area (Å²) in [7, 11) is 0. The van der Waals surface area contributed by atoms with Gasteiger partial charge >= 0.3 is 0 Å². The van der Waals surface area contributed by atoms with Crippen molar-refractivity contribution in [3.63, 3.8) is 0 Å². The zero-order chi connectivity index (χ0) is 22.8. The summed E-state index contributed by atoms with van der Waals surface area (Å²) < 4.78 is 71.3. The summed E-state index contributed by atoms with van der Waals surface area (Å²) in [6, 6.07) is 13.4.